The first kappa shape index (κ1) is 13.8. The van der Waals surface area contributed by atoms with Gasteiger partial charge in [0, 0.05) is 5.56 Å². The Balaban J connectivity index is 1.53. The maximum Gasteiger partial charge on any atom is 0.262 e. The Hall–Kier alpha value is -2.82. The number of benzene rings is 2. The summed E-state index contributed by atoms with van der Waals surface area (Å²) in [6.45, 7) is -0.0198. The van der Waals surface area contributed by atoms with Gasteiger partial charge >= 0.3 is 0 Å². The third-order valence-corrected chi connectivity index (χ3v) is 4.31. The summed E-state index contributed by atoms with van der Waals surface area (Å²) in [5.74, 6) is 0.219. The lowest BCUT2D eigenvalue weighted by Crippen LogP contribution is -2.28. The zero-order valence-corrected chi connectivity index (χ0v) is 12.5. The van der Waals surface area contributed by atoms with E-state index >= 15 is 0 Å². The molecule has 0 fully saturated rings. The highest BCUT2D eigenvalue weighted by Crippen LogP contribution is 2.32. The number of ether oxygens (including phenoxy) is 1. The fourth-order valence-corrected chi connectivity index (χ4v) is 3.16. The second kappa shape index (κ2) is 5.43. The number of hydrogen-bond acceptors (Lipinski definition) is 3. The molecular weight excluding hydrogens is 292 g/mol. The number of anilines is 1. The van der Waals surface area contributed by atoms with E-state index in [1.165, 1.54) is 11.1 Å². The Morgan fingerprint density at radius 1 is 1.22 bits per heavy atom. The van der Waals surface area contributed by atoms with Gasteiger partial charge in [-0.3, -0.25) is 9.59 Å². The van der Waals surface area contributed by atoms with Crippen LogP contribution in [0.3, 0.4) is 0 Å². The van der Waals surface area contributed by atoms with Crippen LogP contribution in [0, 0.1) is 0 Å². The lowest BCUT2D eigenvalue weighted by Gasteiger charge is -2.19. The molecule has 23 heavy (non-hydrogen) atoms. The molecule has 0 radical (unpaired) electrons. The minimum Gasteiger partial charge on any atom is -0.482 e. The van der Waals surface area contributed by atoms with Crippen LogP contribution in [-0.2, 0) is 11.2 Å². The van der Waals surface area contributed by atoms with Gasteiger partial charge in [0.05, 0.1) is 11.7 Å². The number of carbonyl (C=O) groups is 2. The lowest BCUT2D eigenvalue weighted by atomic mass is 10.1. The van der Waals surface area contributed by atoms with Gasteiger partial charge in [-0.2, -0.15) is 0 Å². The summed E-state index contributed by atoms with van der Waals surface area (Å²) in [6, 6.07) is 13.3. The Kier molecular flexibility index (Phi) is 3.26. The smallest absolute Gasteiger partial charge is 0.262 e. The zero-order valence-electron chi connectivity index (χ0n) is 12.5. The van der Waals surface area contributed by atoms with E-state index in [-0.39, 0.29) is 24.5 Å². The molecule has 5 nitrogen and oxygen atoms in total. The molecule has 2 aliphatic rings. The Labute approximate surface area is 133 Å². The average molecular weight is 308 g/mol. The van der Waals surface area contributed by atoms with E-state index in [9.17, 15) is 9.59 Å². The fraction of sp³-hybridized carbons (Fsp3) is 0.222. The highest BCUT2D eigenvalue weighted by atomic mass is 16.5. The number of rotatable bonds is 2. The molecule has 0 aromatic heterocycles. The molecule has 1 aliphatic heterocycles. The fourth-order valence-electron chi connectivity index (χ4n) is 3.16. The van der Waals surface area contributed by atoms with Gasteiger partial charge in [-0.1, -0.05) is 24.3 Å². The summed E-state index contributed by atoms with van der Waals surface area (Å²) in [5, 5.41) is 5.80. The normalized spacial score (nSPS) is 18.4. The van der Waals surface area contributed by atoms with Crippen molar-refractivity contribution in [2.24, 2.45) is 0 Å². The number of fused-ring (bicyclic) bond motifs is 2. The second-order valence-electron chi connectivity index (χ2n) is 5.81. The number of nitrogens with one attached hydrogen (secondary N) is 2. The molecule has 0 saturated carbocycles. The van der Waals surface area contributed by atoms with Crippen molar-refractivity contribution >= 4 is 17.5 Å². The van der Waals surface area contributed by atoms with E-state index < -0.39 is 0 Å². The van der Waals surface area contributed by atoms with Crippen LogP contribution in [0.5, 0.6) is 5.75 Å². The lowest BCUT2D eigenvalue weighted by molar-refractivity contribution is -0.118. The summed E-state index contributed by atoms with van der Waals surface area (Å²) in [7, 11) is 0. The molecule has 2 aromatic rings. The van der Waals surface area contributed by atoms with Gasteiger partial charge in [-0.25, -0.2) is 0 Å². The highest BCUT2D eigenvalue weighted by Gasteiger charge is 2.24. The van der Waals surface area contributed by atoms with Gasteiger partial charge in [-0.05, 0) is 42.2 Å². The molecule has 1 atom stereocenters. The molecular formula is C18H16N2O3. The Bertz CT molecular complexity index is 801. The van der Waals surface area contributed by atoms with Crippen LogP contribution in [0.25, 0.3) is 0 Å². The van der Waals surface area contributed by atoms with Gasteiger partial charge in [0.15, 0.2) is 6.61 Å². The molecule has 0 unspecified atom stereocenters. The third kappa shape index (κ3) is 2.54. The molecule has 1 heterocycles. The van der Waals surface area contributed by atoms with Crippen molar-refractivity contribution in [3.8, 4) is 5.75 Å². The van der Waals surface area contributed by atoms with Crippen molar-refractivity contribution in [1.29, 1.82) is 0 Å². The van der Waals surface area contributed by atoms with Crippen LogP contribution in [0.1, 0.15) is 33.9 Å². The van der Waals surface area contributed by atoms with Crippen molar-refractivity contribution in [1.82, 2.24) is 5.32 Å². The quantitative estimate of drug-likeness (QED) is 0.895. The second-order valence-corrected chi connectivity index (χ2v) is 5.81. The zero-order chi connectivity index (χ0) is 15.8. The molecule has 1 aliphatic carbocycles. The number of aryl methyl sites for hydroxylation is 1. The van der Waals surface area contributed by atoms with Crippen LogP contribution in [0.4, 0.5) is 5.69 Å². The van der Waals surface area contributed by atoms with Crippen LogP contribution < -0.4 is 15.4 Å². The van der Waals surface area contributed by atoms with Crippen molar-refractivity contribution in [3.63, 3.8) is 0 Å². The summed E-state index contributed by atoms with van der Waals surface area (Å²) in [5.41, 5.74) is 3.63. The van der Waals surface area contributed by atoms with E-state index in [1.807, 2.05) is 12.1 Å². The number of carbonyl (C=O) groups excluding carboxylic acids is 2. The van der Waals surface area contributed by atoms with Crippen LogP contribution in [0.2, 0.25) is 0 Å². The van der Waals surface area contributed by atoms with Gasteiger partial charge < -0.3 is 15.4 Å². The summed E-state index contributed by atoms with van der Waals surface area (Å²) < 4.78 is 5.36. The van der Waals surface area contributed by atoms with E-state index in [2.05, 4.69) is 22.8 Å². The monoisotopic (exact) mass is 308 g/mol. The Morgan fingerprint density at radius 3 is 3.00 bits per heavy atom. The summed E-state index contributed by atoms with van der Waals surface area (Å²) in [6.07, 6.45) is 1.91. The molecule has 2 aromatic carbocycles. The first-order valence-corrected chi connectivity index (χ1v) is 7.66. The van der Waals surface area contributed by atoms with E-state index in [4.69, 9.17) is 4.74 Å². The number of hydrogen-bond donors (Lipinski definition) is 2. The van der Waals surface area contributed by atoms with E-state index in [1.54, 1.807) is 18.2 Å². The topological polar surface area (TPSA) is 67.4 Å². The molecule has 4 rings (SSSR count). The first-order chi connectivity index (χ1) is 11.2. The Morgan fingerprint density at radius 2 is 2.09 bits per heavy atom. The van der Waals surface area contributed by atoms with E-state index in [0.717, 1.165) is 12.8 Å². The molecule has 0 spiro atoms. The molecule has 0 saturated heterocycles. The van der Waals surface area contributed by atoms with Crippen LogP contribution in [-0.4, -0.2) is 18.4 Å². The van der Waals surface area contributed by atoms with Gasteiger partial charge in [0.25, 0.3) is 11.8 Å². The van der Waals surface area contributed by atoms with Crippen molar-refractivity contribution in [3.05, 3.63) is 59.2 Å². The largest absolute Gasteiger partial charge is 0.482 e. The summed E-state index contributed by atoms with van der Waals surface area (Å²) >= 11 is 0. The van der Waals surface area contributed by atoms with Gasteiger partial charge in [-0.15, -0.1) is 0 Å². The van der Waals surface area contributed by atoms with Crippen LogP contribution >= 0.6 is 0 Å². The number of amides is 2. The average Bonchev–Trinajstić information content (AvgIpc) is 2.97. The molecule has 2 N–H and O–H groups in total. The van der Waals surface area contributed by atoms with E-state index in [0.29, 0.717) is 17.0 Å². The van der Waals surface area contributed by atoms with Crippen molar-refractivity contribution in [2.45, 2.75) is 18.9 Å². The first-order valence-electron chi connectivity index (χ1n) is 7.66. The molecule has 116 valence electrons. The predicted octanol–water partition coefficient (Wildman–Crippen LogP) is 2.43. The highest BCUT2D eigenvalue weighted by molar-refractivity contribution is 5.99. The van der Waals surface area contributed by atoms with Crippen molar-refractivity contribution in [2.75, 3.05) is 11.9 Å². The van der Waals surface area contributed by atoms with Crippen LogP contribution in [0.15, 0.2) is 42.5 Å². The molecule has 2 amide bonds. The molecule has 0 bridgehead atoms. The predicted molar refractivity (Wildman–Crippen MR) is 85.5 cm³/mol. The SMILES string of the molecule is O=C1COc2cc(C(=O)N[C@@H]3CCc4ccccc43)ccc2N1. The van der Waals surface area contributed by atoms with Gasteiger partial charge in [0.1, 0.15) is 5.75 Å². The standard InChI is InChI=1S/C18H16N2O3/c21-17-10-23-16-9-12(6-8-15(16)19-17)18(22)20-14-7-5-11-3-1-2-4-13(11)14/h1-4,6,8-9,14H,5,7,10H2,(H,19,21)(H,20,22)/t14-/m1/s1. The maximum absolute atomic E-state index is 12.5. The minimum atomic E-state index is -0.183. The van der Waals surface area contributed by atoms with Crippen molar-refractivity contribution < 1.29 is 14.3 Å². The third-order valence-electron chi connectivity index (χ3n) is 4.31. The maximum atomic E-state index is 12.5. The van der Waals surface area contributed by atoms with Gasteiger partial charge in [0.2, 0.25) is 0 Å². The molecule has 5 heteroatoms. The minimum absolute atomic E-state index is 0.0198. The summed E-state index contributed by atoms with van der Waals surface area (Å²) in [4.78, 5) is 23.8.